The third-order valence-corrected chi connectivity index (χ3v) is 4.34. The first-order valence-electron chi connectivity index (χ1n) is 6.49. The van der Waals surface area contributed by atoms with Gasteiger partial charge in [0.15, 0.2) is 0 Å². The molecular weight excluding hydrogens is 331 g/mol. The maximum atomic E-state index is 6.14. The number of rotatable bonds is 4. The topological polar surface area (TPSA) is 35.6 Å². The lowest BCUT2D eigenvalue weighted by molar-refractivity contribution is 0.438. The molecule has 4 nitrogen and oxygen atoms in total. The summed E-state index contributed by atoms with van der Waals surface area (Å²) in [5, 5.41) is 5.24. The molecule has 2 aromatic heterocycles. The summed E-state index contributed by atoms with van der Waals surface area (Å²) in [6.45, 7) is 2.82. The van der Waals surface area contributed by atoms with E-state index in [1.54, 1.807) is 12.3 Å². The molecule has 0 radical (unpaired) electrons. The molecular formula is C14H13Cl3N4. The zero-order valence-corrected chi connectivity index (χ0v) is 13.6. The molecule has 0 fully saturated rings. The minimum atomic E-state index is 0.140. The van der Waals surface area contributed by atoms with E-state index < -0.39 is 0 Å². The average molecular weight is 344 g/mol. The van der Waals surface area contributed by atoms with Gasteiger partial charge in [0.05, 0.1) is 39.5 Å². The van der Waals surface area contributed by atoms with E-state index in [1.165, 1.54) is 0 Å². The molecule has 0 N–H and O–H groups in total. The molecule has 0 aliphatic rings. The standard InChI is InChI=1S/C14H13Cl3N4/c1-9(8-20-4-2-3-18-20)21-13-6-11(17)10(16)5-12(13)19-14(21)7-15/h2-6,9H,7-8H2,1H3. The van der Waals surface area contributed by atoms with Gasteiger partial charge in [-0.1, -0.05) is 23.2 Å². The van der Waals surface area contributed by atoms with Crippen LogP contribution in [0.15, 0.2) is 30.6 Å². The summed E-state index contributed by atoms with van der Waals surface area (Å²) in [5.74, 6) is 1.12. The third-order valence-electron chi connectivity index (χ3n) is 3.38. The van der Waals surface area contributed by atoms with Crippen LogP contribution in [0, 0.1) is 0 Å². The fraction of sp³-hybridized carbons (Fsp3) is 0.286. The van der Waals surface area contributed by atoms with Gasteiger partial charge in [0.2, 0.25) is 0 Å². The summed E-state index contributed by atoms with van der Waals surface area (Å²) in [4.78, 5) is 4.54. The van der Waals surface area contributed by atoms with E-state index in [0.29, 0.717) is 15.9 Å². The molecule has 3 aromatic rings. The molecule has 0 bridgehead atoms. The molecule has 0 spiro atoms. The number of fused-ring (bicyclic) bond motifs is 1. The van der Waals surface area contributed by atoms with Crippen molar-refractivity contribution >= 4 is 45.8 Å². The van der Waals surface area contributed by atoms with Gasteiger partial charge >= 0.3 is 0 Å². The van der Waals surface area contributed by atoms with Crippen molar-refractivity contribution in [2.24, 2.45) is 0 Å². The lowest BCUT2D eigenvalue weighted by Crippen LogP contribution is -2.15. The van der Waals surface area contributed by atoms with Gasteiger partial charge in [-0.2, -0.15) is 5.10 Å². The van der Waals surface area contributed by atoms with Crippen LogP contribution in [0.3, 0.4) is 0 Å². The Bertz CT molecular complexity index is 764. The Morgan fingerprint density at radius 2 is 2.00 bits per heavy atom. The number of aromatic nitrogens is 4. The highest BCUT2D eigenvalue weighted by molar-refractivity contribution is 6.42. The summed E-state index contributed by atoms with van der Waals surface area (Å²) in [6, 6.07) is 5.65. The Labute approximate surface area is 137 Å². The minimum Gasteiger partial charge on any atom is -0.322 e. The SMILES string of the molecule is CC(Cn1cccn1)n1c(CCl)nc2cc(Cl)c(Cl)cc21. The van der Waals surface area contributed by atoms with Gasteiger partial charge in [0.25, 0.3) is 0 Å². The molecule has 21 heavy (non-hydrogen) atoms. The number of nitrogens with zero attached hydrogens (tertiary/aromatic N) is 4. The Hall–Kier alpha value is -1.23. The molecule has 110 valence electrons. The van der Waals surface area contributed by atoms with Gasteiger partial charge in [-0.05, 0) is 25.1 Å². The highest BCUT2D eigenvalue weighted by Crippen LogP contribution is 2.30. The number of hydrogen-bond acceptors (Lipinski definition) is 2. The first-order chi connectivity index (χ1) is 10.1. The first-order valence-corrected chi connectivity index (χ1v) is 7.78. The van der Waals surface area contributed by atoms with Crippen molar-refractivity contribution in [2.45, 2.75) is 25.4 Å². The first kappa shape index (κ1) is 14.7. The van der Waals surface area contributed by atoms with Crippen LogP contribution in [-0.4, -0.2) is 19.3 Å². The minimum absolute atomic E-state index is 0.140. The van der Waals surface area contributed by atoms with E-state index in [4.69, 9.17) is 34.8 Å². The largest absolute Gasteiger partial charge is 0.322 e. The monoisotopic (exact) mass is 342 g/mol. The predicted molar refractivity (Wildman–Crippen MR) is 86.2 cm³/mol. The van der Waals surface area contributed by atoms with Crippen molar-refractivity contribution in [3.05, 3.63) is 46.5 Å². The van der Waals surface area contributed by atoms with Crippen molar-refractivity contribution < 1.29 is 0 Å². The number of hydrogen-bond donors (Lipinski definition) is 0. The summed E-state index contributed by atoms with van der Waals surface area (Å²) in [7, 11) is 0. The van der Waals surface area contributed by atoms with Crippen LogP contribution in [0.25, 0.3) is 11.0 Å². The van der Waals surface area contributed by atoms with Crippen molar-refractivity contribution in [3.63, 3.8) is 0 Å². The number of halogens is 3. The lowest BCUT2D eigenvalue weighted by Gasteiger charge is -2.17. The number of alkyl halides is 1. The second-order valence-corrected chi connectivity index (χ2v) is 5.95. The van der Waals surface area contributed by atoms with Crippen molar-refractivity contribution in [3.8, 4) is 0 Å². The molecule has 0 amide bonds. The van der Waals surface area contributed by atoms with Crippen LogP contribution >= 0.6 is 34.8 Å². The molecule has 0 aliphatic heterocycles. The summed E-state index contributed by atoms with van der Waals surface area (Å²) in [6.07, 6.45) is 3.69. The Balaban J connectivity index is 2.09. The van der Waals surface area contributed by atoms with Crippen molar-refractivity contribution in [1.82, 2.24) is 19.3 Å². The smallest absolute Gasteiger partial charge is 0.125 e. The van der Waals surface area contributed by atoms with E-state index in [0.717, 1.165) is 23.4 Å². The Morgan fingerprint density at radius 3 is 2.67 bits per heavy atom. The quantitative estimate of drug-likeness (QED) is 0.652. The van der Waals surface area contributed by atoms with Gasteiger partial charge in [0.1, 0.15) is 5.82 Å². The van der Waals surface area contributed by atoms with Crippen LogP contribution in [0.5, 0.6) is 0 Å². The van der Waals surface area contributed by atoms with Gasteiger partial charge in [-0.15, -0.1) is 11.6 Å². The maximum Gasteiger partial charge on any atom is 0.125 e. The fourth-order valence-corrected chi connectivity index (χ4v) is 2.99. The van der Waals surface area contributed by atoms with Crippen molar-refractivity contribution in [1.29, 1.82) is 0 Å². The highest BCUT2D eigenvalue weighted by atomic mass is 35.5. The lowest BCUT2D eigenvalue weighted by atomic mass is 10.2. The second kappa shape index (κ2) is 5.87. The predicted octanol–water partition coefficient (Wildman–Crippen LogP) is 4.54. The molecule has 0 saturated heterocycles. The molecule has 0 aliphatic carbocycles. The number of imidazole rings is 1. The van der Waals surface area contributed by atoms with Crippen LogP contribution in [-0.2, 0) is 12.4 Å². The van der Waals surface area contributed by atoms with Crippen LogP contribution in [0.4, 0.5) is 0 Å². The number of benzene rings is 1. The zero-order chi connectivity index (χ0) is 15.0. The second-order valence-electron chi connectivity index (χ2n) is 4.86. The van der Waals surface area contributed by atoms with Gasteiger partial charge < -0.3 is 4.57 Å². The Morgan fingerprint density at radius 1 is 1.24 bits per heavy atom. The zero-order valence-electron chi connectivity index (χ0n) is 11.3. The normalized spacial score (nSPS) is 13.0. The van der Waals surface area contributed by atoms with Gasteiger partial charge in [-0.3, -0.25) is 4.68 Å². The fourth-order valence-electron chi connectivity index (χ4n) is 2.49. The van der Waals surface area contributed by atoms with Gasteiger partial charge in [0, 0.05) is 12.4 Å². The van der Waals surface area contributed by atoms with Crippen LogP contribution in [0.1, 0.15) is 18.8 Å². The molecule has 1 aromatic carbocycles. The molecule has 7 heteroatoms. The van der Waals surface area contributed by atoms with E-state index >= 15 is 0 Å². The highest BCUT2D eigenvalue weighted by Gasteiger charge is 2.17. The third kappa shape index (κ3) is 2.76. The van der Waals surface area contributed by atoms with Gasteiger partial charge in [-0.25, -0.2) is 4.98 Å². The molecule has 1 atom stereocenters. The van der Waals surface area contributed by atoms with E-state index in [1.807, 2.05) is 23.0 Å². The molecule has 3 rings (SSSR count). The summed E-state index contributed by atoms with van der Waals surface area (Å²) in [5.41, 5.74) is 1.73. The molecule has 2 heterocycles. The summed E-state index contributed by atoms with van der Waals surface area (Å²) < 4.78 is 3.97. The van der Waals surface area contributed by atoms with E-state index in [2.05, 4.69) is 21.6 Å². The van der Waals surface area contributed by atoms with E-state index in [9.17, 15) is 0 Å². The van der Waals surface area contributed by atoms with E-state index in [-0.39, 0.29) is 6.04 Å². The maximum absolute atomic E-state index is 6.14. The Kier molecular flexibility index (Phi) is 4.11. The van der Waals surface area contributed by atoms with Crippen LogP contribution < -0.4 is 0 Å². The summed E-state index contributed by atoms with van der Waals surface area (Å²) >= 11 is 18.2. The van der Waals surface area contributed by atoms with Crippen LogP contribution in [0.2, 0.25) is 10.0 Å². The van der Waals surface area contributed by atoms with Crippen molar-refractivity contribution in [2.75, 3.05) is 0 Å². The molecule has 1 unspecified atom stereocenters. The molecule has 0 saturated carbocycles. The average Bonchev–Trinajstić information content (AvgIpc) is 3.06.